The Bertz CT molecular complexity index is 775. The minimum absolute atomic E-state index is 0.233. The highest BCUT2D eigenvalue weighted by molar-refractivity contribution is 7.80. The SMILES string of the molecule is COc1ccc(F)cc1CN1CCN(C(=S)Nc2ccccc2C)CC1. The molecule has 2 aromatic carbocycles. The Morgan fingerprint density at radius 1 is 1.15 bits per heavy atom. The molecule has 0 saturated carbocycles. The van der Waals surface area contributed by atoms with Crippen molar-refractivity contribution in [2.75, 3.05) is 38.6 Å². The normalized spacial score (nSPS) is 15.0. The first-order chi connectivity index (χ1) is 12.6. The lowest BCUT2D eigenvalue weighted by molar-refractivity contribution is 0.175. The fourth-order valence-electron chi connectivity index (χ4n) is 3.13. The van der Waals surface area contributed by atoms with Gasteiger partial charge in [0, 0.05) is 44.0 Å². The maximum absolute atomic E-state index is 13.5. The molecule has 0 atom stereocenters. The van der Waals surface area contributed by atoms with Crippen molar-refractivity contribution in [3.8, 4) is 5.75 Å². The number of nitrogens with one attached hydrogen (secondary N) is 1. The number of thiocarbonyl (C=S) groups is 1. The van der Waals surface area contributed by atoms with Crippen molar-refractivity contribution in [2.24, 2.45) is 0 Å². The second-order valence-corrected chi connectivity index (χ2v) is 6.85. The van der Waals surface area contributed by atoms with Crippen LogP contribution in [0.2, 0.25) is 0 Å². The lowest BCUT2D eigenvalue weighted by Gasteiger charge is -2.36. The van der Waals surface area contributed by atoms with Crippen molar-refractivity contribution in [2.45, 2.75) is 13.5 Å². The van der Waals surface area contributed by atoms with E-state index >= 15 is 0 Å². The van der Waals surface area contributed by atoms with Gasteiger partial charge in [-0.1, -0.05) is 18.2 Å². The summed E-state index contributed by atoms with van der Waals surface area (Å²) in [7, 11) is 1.62. The molecule has 0 amide bonds. The van der Waals surface area contributed by atoms with Gasteiger partial charge in [0.05, 0.1) is 7.11 Å². The molecular formula is C20H24FN3OS. The molecule has 1 aliphatic heterocycles. The minimum Gasteiger partial charge on any atom is -0.496 e. The lowest BCUT2D eigenvalue weighted by Crippen LogP contribution is -2.49. The molecule has 0 spiro atoms. The fraction of sp³-hybridized carbons (Fsp3) is 0.350. The Kier molecular flexibility index (Phi) is 6.06. The molecule has 138 valence electrons. The zero-order chi connectivity index (χ0) is 18.5. The van der Waals surface area contributed by atoms with E-state index in [0.717, 1.165) is 48.3 Å². The van der Waals surface area contributed by atoms with Gasteiger partial charge in [-0.15, -0.1) is 0 Å². The third-order valence-electron chi connectivity index (χ3n) is 4.68. The van der Waals surface area contributed by atoms with E-state index in [0.29, 0.717) is 6.54 Å². The van der Waals surface area contributed by atoms with Crippen LogP contribution >= 0.6 is 12.2 Å². The smallest absolute Gasteiger partial charge is 0.173 e. The van der Waals surface area contributed by atoms with E-state index in [1.165, 1.54) is 11.6 Å². The Morgan fingerprint density at radius 2 is 1.88 bits per heavy atom. The fourth-order valence-corrected chi connectivity index (χ4v) is 3.42. The van der Waals surface area contributed by atoms with E-state index in [4.69, 9.17) is 17.0 Å². The summed E-state index contributed by atoms with van der Waals surface area (Å²) in [6, 6.07) is 12.8. The van der Waals surface area contributed by atoms with E-state index < -0.39 is 0 Å². The van der Waals surface area contributed by atoms with Crippen LogP contribution in [0.3, 0.4) is 0 Å². The van der Waals surface area contributed by atoms with Gasteiger partial charge >= 0.3 is 0 Å². The number of ether oxygens (including phenoxy) is 1. The Labute approximate surface area is 159 Å². The average molecular weight is 373 g/mol. The largest absolute Gasteiger partial charge is 0.496 e. The van der Waals surface area contributed by atoms with Gasteiger partial charge in [-0.3, -0.25) is 4.90 Å². The molecule has 3 rings (SSSR count). The molecule has 1 fully saturated rings. The molecular weight excluding hydrogens is 349 g/mol. The van der Waals surface area contributed by atoms with Crippen molar-refractivity contribution in [1.82, 2.24) is 9.80 Å². The maximum atomic E-state index is 13.5. The van der Waals surface area contributed by atoms with Crippen LogP contribution in [0.4, 0.5) is 10.1 Å². The first kappa shape index (κ1) is 18.6. The van der Waals surface area contributed by atoms with E-state index in [-0.39, 0.29) is 5.82 Å². The Balaban J connectivity index is 1.55. The maximum Gasteiger partial charge on any atom is 0.173 e. The van der Waals surface area contributed by atoms with E-state index in [1.807, 2.05) is 18.2 Å². The van der Waals surface area contributed by atoms with Crippen LogP contribution in [0.1, 0.15) is 11.1 Å². The number of rotatable bonds is 4. The molecule has 26 heavy (non-hydrogen) atoms. The molecule has 1 N–H and O–H groups in total. The first-order valence-electron chi connectivity index (χ1n) is 8.73. The number of methoxy groups -OCH3 is 1. The van der Waals surface area contributed by atoms with Crippen LogP contribution in [0.5, 0.6) is 5.75 Å². The summed E-state index contributed by atoms with van der Waals surface area (Å²) in [6.45, 7) is 6.16. The molecule has 1 heterocycles. The van der Waals surface area contributed by atoms with E-state index in [9.17, 15) is 4.39 Å². The van der Waals surface area contributed by atoms with Gasteiger partial charge in [0.15, 0.2) is 5.11 Å². The molecule has 0 radical (unpaired) electrons. The summed E-state index contributed by atoms with van der Waals surface area (Å²) < 4.78 is 18.9. The molecule has 1 saturated heterocycles. The number of nitrogens with zero attached hydrogens (tertiary/aromatic N) is 2. The van der Waals surface area contributed by atoms with E-state index in [2.05, 4.69) is 28.1 Å². The number of anilines is 1. The van der Waals surface area contributed by atoms with Gasteiger partial charge in [-0.05, 0) is 49.0 Å². The third-order valence-corrected chi connectivity index (χ3v) is 5.04. The molecule has 4 nitrogen and oxygen atoms in total. The van der Waals surface area contributed by atoms with Crippen LogP contribution in [0, 0.1) is 12.7 Å². The minimum atomic E-state index is -0.233. The predicted octanol–water partition coefficient (Wildman–Crippen LogP) is 3.66. The molecule has 0 bridgehead atoms. The quantitative estimate of drug-likeness (QED) is 0.826. The molecule has 2 aromatic rings. The zero-order valence-electron chi connectivity index (χ0n) is 15.2. The van der Waals surface area contributed by atoms with Crippen molar-refractivity contribution in [3.63, 3.8) is 0 Å². The number of halogens is 1. The second kappa shape index (κ2) is 8.47. The number of hydrogen-bond donors (Lipinski definition) is 1. The number of benzene rings is 2. The van der Waals surface area contributed by atoms with Crippen molar-refractivity contribution < 1.29 is 9.13 Å². The van der Waals surface area contributed by atoms with Crippen LogP contribution < -0.4 is 10.1 Å². The standard InChI is InChI=1S/C20H24FN3OS/c1-15-5-3-4-6-18(15)22-20(26)24-11-9-23(10-12-24)14-16-13-17(21)7-8-19(16)25-2/h3-8,13H,9-12,14H2,1-2H3,(H,22,26). The number of para-hydroxylation sites is 1. The first-order valence-corrected chi connectivity index (χ1v) is 9.14. The zero-order valence-corrected chi connectivity index (χ0v) is 16.0. The molecule has 1 aliphatic rings. The third kappa shape index (κ3) is 4.51. The monoisotopic (exact) mass is 373 g/mol. The van der Waals surface area contributed by atoms with Crippen LogP contribution in [-0.2, 0) is 6.54 Å². The number of piperazine rings is 1. The number of hydrogen-bond acceptors (Lipinski definition) is 3. The van der Waals surface area contributed by atoms with Gasteiger partial charge in [-0.2, -0.15) is 0 Å². The second-order valence-electron chi connectivity index (χ2n) is 6.46. The molecule has 0 aliphatic carbocycles. The summed E-state index contributed by atoms with van der Waals surface area (Å²) in [5.41, 5.74) is 3.10. The van der Waals surface area contributed by atoms with Crippen molar-refractivity contribution >= 4 is 23.0 Å². The summed E-state index contributed by atoms with van der Waals surface area (Å²) >= 11 is 5.57. The summed E-state index contributed by atoms with van der Waals surface area (Å²) in [4.78, 5) is 4.48. The number of aryl methyl sites for hydroxylation is 1. The van der Waals surface area contributed by atoms with Gasteiger partial charge in [0.25, 0.3) is 0 Å². The summed E-state index contributed by atoms with van der Waals surface area (Å²) in [6.07, 6.45) is 0. The predicted molar refractivity (Wildman–Crippen MR) is 107 cm³/mol. The lowest BCUT2D eigenvalue weighted by atomic mass is 10.1. The van der Waals surface area contributed by atoms with Crippen molar-refractivity contribution in [1.29, 1.82) is 0 Å². The van der Waals surface area contributed by atoms with E-state index in [1.54, 1.807) is 19.2 Å². The Morgan fingerprint density at radius 3 is 2.58 bits per heavy atom. The van der Waals surface area contributed by atoms with Gasteiger partial charge in [0.1, 0.15) is 11.6 Å². The highest BCUT2D eigenvalue weighted by Gasteiger charge is 2.20. The van der Waals surface area contributed by atoms with Crippen LogP contribution in [0.25, 0.3) is 0 Å². The van der Waals surface area contributed by atoms with Crippen LogP contribution in [-0.4, -0.2) is 48.2 Å². The highest BCUT2D eigenvalue weighted by Crippen LogP contribution is 2.22. The van der Waals surface area contributed by atoms with Crippen molar-refractivity contribution in [3.05, 3.63) is 59.4 Å². The molecule has 0 unspecified atom stereocenters. The van der Waals surface area contributed by atoms with Gasteiger partial charge < -0.3 is 15.0 Å². The topological polar surface area (TPSA) is 27.7 Å². The average Bonchev–Trinajstić information content (AvgIpc) is 2.64. The summed E-state index contributed by atoms with van der Waals surface area (Å²) in [5, 5.41) is 4.09. The summed E-state index contributed by atoms with van der Waals surface area (Å²) in [5.74, 6) is 0.494. The Hall–Kier alpha value is -2.18. The highest BCUT2D eigenvalue weighted by atomic mass is 32.1. The van der Waals surface area contributed by atoms with Crippen LogP contribution in [0.15, 0.2) is 42.5 Å². The molecule has 0 aromatic heterocycles. The van der Waals surface area contributed by atoms with Gasteiger partial charge in [0.2, 0.25) is 0 Å². The van der Waals surface area contributed by atoms with Gasteiger partial charge in [-0.25, -0.2) is 4.39 Å². The molecule has 6 heteroatoms.